The number of benzene rings is 3. The van der Waals surface area contributed by atoms with E-state index in [4.69, 9.17) is 38.7 Å². The first-order chi connectivity index (χ1) is 17.9. The highest BCUT2D eigenvalue weighted by atomic mass is 16.7. The topological polar surface area (TPSA) is 115 Å². The number of hydrogen-bond acceptors (Lipinski definition) is 7. The van der Waals surface area contributed by atoms with Gasteiger partial charge in [-0.3, -0.25) is 4.90 Å². The molecule has 196 valence electrons. The Morgan fingerprint density at radius 1 is 0.865 bits per heavy atom. The summed E-state index contributed by atoms with van der Waals surface area (Å²) in [5.41, 5.74) is 3.59. The molecule has 9 heteroatoms. The number of methoxy groups -OCH3 is 1. The SMILES string of the molecule is CCOc1ccccc1CN(CCc1ccc2c(c1)OCO2)Cc1ccccc1OC.O=C(O)C(=O)O. The number of carboxylic acid groups (broad SMARTS) is 2. The third-order valence-electron chi connectivity index (χ3n) is 5.59. The highest BCUT2D eigenvalue weighted by Crippen LogP contribution is 2.33. The van der Waals surface area contributed by atoms with E-state index in [0.29, 0.717) is 13.4 Å². The molecule has 1 heterocycles. The summed E-state index contributed by atoms with van der Waals surface area (Å²) in [6.07, 6.45) is 0.905. The Balaban J connectivity index is 0.000000568. The molecule has 0 radical (unpaired) electrons. The maximum absolute atomic E-state index is 9.10. The number of carboxylic acids is 2. The molecule has 0 bridgehead atoms. The molecule has 0 atom stereocenters. The molecule has 1 aliphatic rings. The Morgan fingerprint density at radius 3 is 2.08 bits per heavy atom. The molecule has 0 unspecified atom stereocenters. The van der Waals surface area contributed by atoms with Crippen LogP contribution in [0, 0.1) is 0 Å². The lowest BCUT2D eigenvalue weighted by Crippen LogP contribution is -2.26. The third-order valence-corrected chi connectivity index (χ3v) is 5.59. The van der Waals surface area contributed by atoms with Crippen molar-refractivity contribution >= 4 is 11.9 Å². The van der Waals surface area contributed by atoms with E-state index in [1.807, 2.05) is 37.3 Å². The van der Waals surface area contributed by atoms with Gasteiger partial charge in [0.25, 0.3) is 0 Å². The van der Waals surface area contributed by atoms with Gasteiger partial charge in [0, 0.05) is 30.8 Å². The lowest BCUT2D eigenvalue weighted by Gasteiger charge is -2.25. The standard InChI is InChI=1S/C26H29NO4.C2H2O4/c1-3-29-24-11-7-5-9-22(24)18-27(17-21-8-4-6-10-23(21)28-2)15-14-20-12-13-25-26(16-20)31-19-30-25;3-1(4)2(5)6/h4-13,16H,3,14-15,17-19H2,1-2H3;(H,3,4)(H,5,6). The van der Waals surface area contributed by atoms with Crippen molar-refractivity contribution < 1.29 is 38.7 Å². The van der Waals surface area contributed by atoms with Crippen molar-refractivity contribution in [3.05, 3.63) is 83.4 Å². The average molecular weight is 510 g/mol. The Labute approximate surface area is 215 Å². The van der Waals surface area contributed by atoms with Gasteiger partial charge < -0.3 is 29.2 Å². The zero-order valence-corrected chi connectivity index (χ0v) is 20.9. The van der Waals surface area contributed by atoms with Crippen molar-refractivity contribution in [2.75, 3.05) is 27.1 Å². The zero-order chi connectivity index (χ0) is 26.6. The summed E-state index contributed by atoms with van der Waals surface area (Å²) in [7, 11) is 1.72. The summed E-state index contributed by atoms with van der Waals surface area (Å²) >= 11 is 0. The van der Waals surface area contributed by atoms with E-state index in [0.717, 1.165) is 49.1 Å². The van der Waals surface area contributed by atoms with Gasteiger partial charge in [0.2, 0.25) is 6.79 Å². The first kappa shape index (κ1) is 27.3. The minimum atomic E-state index is -1.82. The molecule has 3 aromatic carbocycles. The van der Waals surface area contributed by atoms with Crippen LogP contribution in [0.25, 0.3) is 0 Å². The summed E-state index contributed by atoms with van der Waals surface area (Å²) in [5, 5.41) is 14.8. The minimum absolute atomic E-state index is 0.299. The second-order valence-corrected chi connectivity index (χ2v) is 8.11. The van der Waals surface area contributed by atoms with Gasteiger partial charge >= 0.3 is 11.9 Å². The molecule has 0 amide bonds. The van der Waals surface area contributed by atoms with E-state index < -0.39 is 11.9 Å². The van der Waals surface area contributed by atoms with E-state index >= 15 is 0 Å². The molecule has 9 nitrogen and oxygen atoms in total. The average Bonchev–Trinajstić information content (AvgIpc) is 3.37. The van der Waals surface area contributed by atoms with Gasteiger partial charge in [-0.15, -0.1) is 0 Å². The number of para-hydroxylation sites is 2. The van der Waals surface area contributed by atoms with Crippen molar-refractivity contribution in [2.45, 2.75) is 26.4 Å². The van der Waals surface area contributed by atoms with E-state index in [-0.39, 0.29) is 0 Å². The van der Waals surface area contributed by atoms with Crippen LogP contribution in [0.2, 0.25) is 0 Å². The summed E-state index contributed by atoms with van der Waals surface area (Å²) < 4.78 is 22.4. The predicted octanol–water partition coefficient (Wildman–Crippen LogP) is 4.22. The lowest BCUT2D eigenvalue weighted by atomic mass is 10.1. The number of fused-ring (bicyclic) bond motifs is 1. The molecule has 0 saturated heterocycles. The summed E-state index contributed by atoms with van der Waals surface area (Å²) in [6, 6.07) is 22.7. The Morgan fingerprint density at radius 2 is 1.46 bits per heavy atom. The van der Waals surface area contributed by atoms with Gasteiger partial charge in [0.1, 0.15) is 11.5 Å². The van der Waals surface area contributed by atoms with Gasteiger partial charge in [0.15, 0.2) is 11.5 Å². The van der Waals surface area contributed by atoms with Gasteiger partial charge in [-0.2, -0.15) is 0 Å². The van der Waals surface area contributed by atoms with Crippen LogP contribution in [-0.2, 0) is 29.1 Å². The van der Waals surface area contributed by atoms with Crippen LogP contribution in [0.5, 0.6) is 23.0 Å². The highest BCUT2D eigenvalue weighted by Gasteiger charge is 2.16. The van der Waals surface area contributed by atoms with Crippen molar-refractivity contribution in [3.8, 4) is 23.0 Å². The van der Waals surface area contributed by atoms with Crippen molar-refractivity contribution in [3.63, 3.8) is 0 Å². The van der Waals surface area contributed by atoms with E-state index in [2.05, 4.69) is 41.3 Å². The first-order valence-corrected chi connectivity index (χ1v) is 11.8. The molecule has 0 aromatic heterocycles. The molecule has 0 spiro atoms. The van der Waals surface area contributed by atoms with Crippen LogP contribution in [0.1, 0.15) is 23.6 Å². The van der Waals surface area contributed by atoms with Gasteiger partial charge in [0.05, 0.1) is 13.7 Å². The quantitative estimate of drug-likeness (QED) is 0.388. The second-order valence-electron chi connectivity index (χ2n) is 8.11. The van der Waals surface area contributed by atoms with E-state index in [9.17, 15) is 0 Å². The number of rotatable bonds is 10. The molecular weight excluding hydrogens is 478 g/mol. The molecule has 4 rings (SSSR count). The number of ether oxygens (including phenoxy) is 4. The molecule has 3 aromatic rings. The number of carbonyl (C=O) groups is 2. The predicted molar refractivity (Wildman–Crippen MR) is 136 cm³/mol. The molecule has 0 saturated carbocycles. The zero-order valence-electron chi connectivity index (χ0n) is 20.9. The minimum Gasteiger partial charge on any atom is -0.496 e. The number of hydrogen-bond donors (Lipinski definition) is 2. The highest BCUT2D eigenvalue weighted by molar-refractivity contribution is 6.27. The van der Waals surface area contributed by atoms with Crippen LogP contribution in [0.15, 0.2) is 66.7 Å². The third kappa shape index (κ3) is 8.15. The van der Waals surface area contributed by atoms with Crippen LogP contribution < -0.4 is 18.9 Å². The van der Waals surface area contributed by atoms with Crippen LogP contribution in [0.3, 0.4) is 0 Å². The Hall–Kier alpha value is -4.24. The Kier molecular flexibility index (Phi) is 10.2. The monoisotopic (exact) mass is 509 g/mol. The van der Waals surface area contributed by atoms with Gasteiger partial charge in [-0.1, -0.05) is 42.5 Å². The second kappa shape index (κ2) is 13.7. The molecule has 37 heavy (non-hydrogen) atoms. The van der Waals surface area contributed by atoms with Crippen molar-refractivity contribution in [1.29, 1.82) is 0 Å². The van der Waals surface area contributed by atoms with Gasteiger partial charge in [-0.05, 0) is 43.2 Å². The van der Waals surface area contributed by atoms with E-state index in [1.54, 1.807) is 7.11 Å². The van der Waals surface area contributed by atoms with Crippen molar-refractivity contribution in [2.24, 2.45) is 0 Å². The molecule has 1 aliphatic heterocycles. The Bertz CT molecular complexity index is 1180. The fourth-order valence-electron chi connectivity index (χ4n) is 3.84. The normalized spacial score (nSPS) is 11.4. The number of aliphatic carboxylic acids is 2. The summed E-state index contributed by atoms with van der Waals surface area (Å²) in [5.74, 6) is -0.146. The molecule has 2 N–H and O–H groups in total. The lowest BCUT2D eigenvalue weighted by molar-refractivity contribution is -0.159. The first-order valence-electron chi connectivity index (χ1n) is 11.8. The number of nitrogens with zero attached hydrogens (tertiary/aromatic N) is 1. The summed E-state index contributed by atoms with van der Waals surface area (Å²) in [6.45, 7) is 5.43. The van der Waals surface area contributed by atoms with Crippen LogP contribution >= 0.6 is 0 Å². The maximum Gasteiger partial charge on any atom is 0.414 e. The largest absolute Gasteiger partial charge is 0.496 e. The maximum atomic E-state index is 9.10. The summed E-state index contributed by atoms with van der Waals surface area (Å²) in [4.78, 5) is 20.6. The van der Waals surface area contributed by atoms with Gasteiger partial charge in [-0.25, -0.2) is 9.59 Å². The fourth-order valence-corrected chi connectivity index (χ4v) is 3.84. The molecular formula is C28H31NO8. The fraction of sp³-hybridized carbons (Fsp3) is 0.286. The molecule has 0 aliphatic carbocycles. The smallest absolute Gasteiger partial charge is 0.414 e. The van der Waals surface area contributed by atoms with Crippen LogP contribution in [0.4, 0.5) is 0 Å². The van der Waals surface area contributed by atoms with Crippen LogP contribution in [-0.4, -0.2) is 54.1 Å². The molecule has 0 fully saturated rings. The van der Waals surface area contributed by atoms with E-state index in [1.165, 1.54) is 16.7 Å². The van der Waals surface area contributed by atoms with Crippen molar-refractivity contribution in [1.82, 2.24) is 4.90 Å².